The van der Waals surface area contributed by atoms with Crippen molar-refractivity contribution in [2.24, 2.45) is 5.73 Å². The number of carbonyl (C=O) groups is 1. The third kappa shape index (κ3) is 5.35. The van der Waals surface area contributed by atoms with E-state index in [1.807, 2.05) is 20.8 Å². The molecule has 1 aliphatic rings. The number of nitrogens with one attached hydrogen (secondary N) is 2. The predicted octanol–water partition coefficient (Wildman–Crippen LogP) is 1.89. The van der Waals surface area contributed by atoms with Gasteiger partial charge in [0, 0.05) is 17.8 Å². The van der Waals surface area contributed by atoms with E-state index in [0.717, 1.165) is 25.7 Å². The molecule has 1 amide bonds. The van der Waals surface area contributed by atoms with Crippen molar-refractivity contribution in [3.63, 3.8) is 0 Å². The van der Waals surface area contributed by atoms with Crippen LogP contribution in [0.25, 0.3) is 0 Å². The van der Waals surface area contributed by atoms with E-state index in [9.17, 15) is 9.90 Å². The summed E-state index contributed by atoms with van der Waals surface area (Å²) in [7, 11) is 0. The van der Waals surface area contributed by atoms with Crippen LogP contribution in [0, 0.1) is 0 Å². The lowest BCUT2D eigenvalue weighted by atomic mass is 10.1. The number of amides is 1. The standard InChI is InChI=1S/C16H27N5O2/c1-16(2,3)21-14-12(13(17)23)9-18-15(20-14)19-10-6-4-5-7-11(22)8-10/h9-11,22H,4-8H2,1-3H3,(H2,17,23)(H2,18,19,20,21)/t10-,11?/m1/s1. The second kappa shape index (κ2) is 7.12. The zero-order chi connectivity index (χ0) is 17.0. The molecule has 0 aromatic carbocycles. The first-order chi connectivity index (χ1) is 10.7. The van der Waals surface area contributed by atoms with E-state index in [1.165, 1.54) is 6.20 Å². The van der Waals surface area contributed by atoms with Crippen LogP contribution >= 0.6 is 0 Å². The highest BCUT2D eigenvalue weighted by Gasteiger charge is 2.21. The Hall–Kier alpha value is -1.89. The van der Waals surface area contributed by atoms with E-state index in [2.05, 4.69) is 20.6 Å². The second-order valence-electron chi connectivity index (χ2n) is 7.21. The van der Waals surface area contributed by atoms with Crippen LogP contribution in [-0.2, 0) is 0 Å². The molecule has 1 fully saturated rings. The fraction of sp³-hybridized carbons (Fsp3) is 0.688. The minimum absolute atomic E-state index is 0.134. The minimum Gasteiger partial charge on any atom is -0.393 e. The van der Waals surface area contributed by atoms with Crippen molar-refractivity contribution >= 4 is 17.7 Å². The summed E-state index contributed by atoms with van der Waals surface area (Å²) >= 11 is 0. The first-order valence-electron chi connectivity index (χ1n) is 8.14. The highest BCUT2D eigenvalue weighted by molar-refractivity contribution is 5.97. The first-order valence-corrected chi connectivity index (χ1v) is 8.14. The van der Waals surface area contributed by atoms with Gasteiger partial charge in [0.2, 0.25) is 5.95 Å². The second-order valence-corrected chi connectivity index (χ2v) is 7.21. The summed E-state index contributed by atoms with van der Waals surface area (Å²) in [5.74, 6) is 0.311. The van der Waals surface area contributed by atoms with E-state index in [0.29, 0.717) is 18.2 Å². The molecule has 5 N–H and O–H groups in total. The van der Waals surface area contributed by atoms with Gasteiger partial charge in [0.25, 0.3) is 5.91 Å². The molecule has 2 rings (SSSR count). The maximum absolute atomic E-state index is 11.5. The average Bonchev–Trinajstić information content (AvgIpc) is 2.61. The summed E-state index contributed by atoms with van der Waals surface area (Å²) in [5.41, 5.74) is 5.41. The summed E-state index contributed by atoms with van der Waals surface area (Å²) in [4.78, 5) is 20.2. The Bertz CT molecular complexity index is 556. The van der Waals surface area contributed by atoms with Crippen LogP contribution in [0.2, 0.25) is 0 Å². The number of anilines is 2. The molecule has 0 spiro atoms. The Labute approximate surface area is 137 Å². The van der Waals surface area contributed by atoms with Crippen molar-refractivity contribution in [1.82, 2.24) is 9.97 Å². The molecule has 7 nitrogen and oxygen atoms in total. The fourth-order valence-corrected chi connectivity index (χ4v) is 2.73. The largest absolute Gasteiger partial charge is 0.393 e. The van der Waals surface area contributed by atoms with Crippen LogP contribution in [0.1, 0.15) is 63.2 Å². The van der Waals surface area contributed by atoms with Gasteiger partial charge in [0.1, 0.15) is 5.82 Å². The van der Waals surface area contributed by atoms with Gasteiger partial charge in [0.15, 0.2) is 0 Å². The number of hydrogen-bond donors (Lipinski definition) is 4. The Kier molecular flexibility index (Phi) is 5.41. The van der Waals surface area contributed by atoms with Gasteiger partial charge in [-0.05, 0) is 40.0 Å². The normalized spacial score (nSPS) is 22.3. The van der Waals surface area contributed by atoms with Gasteiger partial charge in [0.05, 0.1) is 11.7 Å². The molecule has 1 saturated carbocycles. The van der Waals surface area contributed by atoms with Crippen molar-refractivity contribution in [1.29, 1.82) is 0 Å². The van der Waals surface area contributed by atoms with Gasteiger partial charge in [-0.25, -0.2) is 4.98 Å². The lowest BCUT2D eigenvalue weighted by molar-refractivity contribution is 0.100. The van der Waals surface area contributed by atoms with Gasteiger partial charge < -0.3 is 21.5 Å². The molecule has 0 radical (unpaired) electrons. The summed E-state index contributed by atoms with van der Waals surface area (Å²) in [5, 5.41) is 16.4. The molecule has 1 unspecified atom stereocenters. The maximum Gasteiger partial charge on any atom is 0.254 e. The monoisotopic (exact) mass is 321 g/mol. The van der Waals surface area contributed by atoms with Crippen molar-refractivity contribution in [3.05, 3.63) is 11.8 Å². The highest BCUT2D eigenvalue weighted by atomic mass is 16.3. The van der Waals surface area contributed by atoms with Crippen molar-refractivity contribution < 1.29 is 9.90 Å². The summed E-state index contributed by atoms with van der Waals surface area (Å²) in [6.07, 6.45) is 5.77. The molecule has 1 aromatic heterocycles. The molecular weight excluding hydrogens is 294 g/mol. The Balaban J connectivity index is 2.19. The van der Waals surface area contributed by atoms with Gasteiger partial charge in [-0.2, -0.15) is 4.98 Å². The van der Waals surface area contributed by atoms with E-state index < -0.39 is 5.91 Å². The molecule has 1 aromatic rings. The van der Waals surface area contributed by atoms with Crippen LogP contribution < -0.4 is 16.4 Å². The van der Waals surface area contributed by atoms with Crippen LogP contribution in [0.4, 0.5) is 11.8 Å². The van der Waals surface area contributed by atoms with Crippen LogP contribution in [-0.4, -0.2) is 38.7 Å². The molecule has 1 heterocycles. The maximum atomic E-state index is 11.5. The number of aromatic nitrogens is 2. The molecule has 0 aliphatic heterocycles. The van der Waals surface area contributed by atoms with E-state index in [-0.39, 0.29) is 23.2 Å². The number of aliphatic hydroxyl groups excluding tert-OH is 1. The molecule has 7 heteroatoms. The van der Waals surface area contributed by atoms with E-state index in [4.69, 9.17) is 5.73 Å². The molecular formula is C16H27N5O2. The van der Waals surface area contributed by atoms with Crippen LogP contribution in [0.3, 0.4) is 0 Å². The summed E-state index contributed by atoms with van der Waals surface area (Å²) in [6, 6.07) is 0.134. The molecule has 0 saturated heterocycles. The number of rotatable bonds is 4. The Morgan fingerprint density at radius 1 is 1.35 bits per heavy atom. The SMILES string of the molecule is CC(C)(C)Nc1nc(N[C@@H]2CCCCC(O)C2)ncc1C(N)=O. The first kappa shape index (κ1) is 17.5. The lowest BCUT2D eigenvalue weighted by Gasteiger charge is -2.24. The number of hydrogen-bond acceptors (Lipinski definition) is 6. The van der Waals surface area contributed by atoms with Gasteiger partial charge in [-0.3, -0.25) is 4.79 Å². The van der Waals surface area contributed by atoms with Crippen molar-refractivity contribution in [2.45, 2.75) is 70.6 Å². The average molecular weight is 321 g/mol. The summed E-state index contributed by atoms with van der Waals surface area (Å²) < 4.78 is 0. The zero-order valence-electron chi connectivity index (χ0n) is 14.1. The molecule has 23 heavy (non-hydrogen) atoms. The number of aliphatic hydroxyl groups is 1. The molecule has 1 aliphatic carbocycles. The zero-order valence-corrected chi connectivity index (χ0v) is 14.1. The van der Waals surface area contributed by atoms with Crippen LogP contribution in [0.15, 0.2) is 6.20 Å². The topological polar surface area (TPSA) is 113 Å². The summed E-state index contributed by atoms with van der Waals surface area (Å²) in [6.45, 7) is 5.94. The van der Waals surface area contributed by atoms with Crippen LogP contribution in [0.5, 0.6) is 0 Å². The number of nitrogens with two attached hydrogens (primary N) is 1. The van der Waals surface area contributed by atoms with Crippen molar-refractivity contribution in [3.8, 4) is 0 Å². The van der Waals surface area contributed by atoms with Gasteiger partial charge in [-0.1, -0.05) is 12.8 Å². The van der Waals surface area contributed by atoms with E-state index >= 15 is 0 Å². The highest BCUT2D eigenvalue weighted by Crippen LogP contribution is 2.22. The van der Waals surface area contributed by atoms with Crippen molar-refractivity contribution in [2.75, 3.05) is 10.6 Å². The number of primary amides is 1. The number of nitrogens with zero attached hydrogens (tertiary/aromatic N) is 2. The van der Waals surface area contributed by atoms with E-state index in [1.54, 1.807) is 0 Å². The number of carbonyl (C=O) groups excluding carboxylic acids is 1. The molecule has 128 valence electrons. The predicted molar refractivity (Wildman–Crippen MR) is 90.4 cm³/mol. The minimum atomic E-state index is -0.562. The third-order valence-corrected chi connectivity index (χ3v) is 3.78. The smallest absolute Gasteiger partial charge is 0.254 e. The Morgan fingerprint density at radius 2 is 2.04 bits per heavy atom. The quantitative estimate of drug-likeness (QED) is 0.630. The Morgan fingerprint density at radius 3 is 2.70 bits per heavy atom. The fourth-order valence-electron chi connectivity index (χ4n) is 2.73. The third-order valence-electron chi connectivity index (χ3n) is 3.78. The van der Waals surface area contributed by atoms with Gasteiger partial charge >= 0.3 is 0 Å². The lowest BCUT2D eigenvalue weighted by Crippen LogP contribution is -2.30. The molecule has 0 bridgehead atoms. The molecule has 2 atom stereocenters. The van der Waals surface area contributed by atoms with Gasteiger partial charge in [-0.15, -0.1) is 0 Å².